The molecule has 5 rings (SSSR count). The number of hydrogen-bond donors (Lipinski definition) is 0. The highest BCUT2D eigenvalue weighted by atomic mass is 14.4. The van der Waals surface area contributed by atoms with Gasteiger partial charge in [0.2, 0.25) is 0 Å². The van der Waals surface area contributed by atoms with Gasteiger partial charge in [-0.2, -0.15) is 0 Å². The quantitative estimate of drug-likeness (QED) is 0.150. The molecule has 1 aliphatic carbocycles. The summed E-state index contributed by atoms with van der Waals surface area (Å²) in [5, 5.41) is 2.50. The first-order chi connectivity index (χ1) is 24.2. The molecule has 0 spiro atoms. The van der Waals surface area contributed by atoms with Gasteiger partial charge in [0.25, 0.3) is 0 Å². The van der Waals surface area contributed by atoms with E-state index < -0.39 is 0 Å². The third-order valence-corrected chi connectivity index (χ3v) is 9.46. The fraction of sp³-hybridized carbons (Fsp3) is 0.160. The van der Waals surface area contributed by atoms with Crippen LogP contribution in [0.2, 0.25) is 0 Å². The highest BCUT2D eigenvalue weighted by Gasteiger charge is 2.42. The summed E-state index contributed by atoms with van der Waals surface area (Å²) in [6, 6.07) is 29.2. The second-order valence-corrected chi connectivity index (χ2v) is 12.8. The van der Waals surface area contributed by atoms with Gasteiger partial charge in [0.1, 0.15) is 0 Å². The highest BCUT2D eigenvalue weighted by molar-refractivity contribution is 6.08. The summed E-state index contributed by atoms with van der Waals surface area (Å²) in [5.74, 6) is 0. The van der Waals surface area contributed by atoms with Gasteiger partial charge in [0, 0.05) is 5.41 Å². The summed E-state index contributed by atoms with van der Waals surface area (Å²) in [6.07, 6.45) is 24.5. The lowest BCUT2D eigenvalue weighted by molar-refractivity contribution is 0.711. The first kappa shape index (κ1) is 37.4. The molecule has 0 nitrogen and oxygen atoms in total. The lowest BCUT2D eigenvalue weighted by Gasteiger charge is -2.29. The lowest BCUT2D eigenvalue weighted by atomic mass is 9.73. The molecule has 0 radical (unpaired) electrons. The van der Waals surface area contributed by atoms with Crippen LogP contribution in [0.3, 0.4) is 0 Å². The van der Waals surface area contributed by atoms with Gasteiger partial charge >= 0.3 is 0 Å². The van der Waals surface area contributed by atoms with Crippen molar-refractivity contribution in [1.82, 2.24) is 0 Å². The van der Waals surface area contributed by atoms with E-state index in [9.17, 15) is 0 Å². The molecule has 1 unspecified atom stereocenters. The zero-order valence-corrected chi connectivity index (χ0v) is 31.1. The Hall–Kier alpha value is -5.46. The molecule has 0 aliphatic heterocycles. The van der Waals surface area contributed by atoms with Crippen molar-refractivity contribution >= 4 is 16.3 Å². The summed E-state index contributed by atoms with van der Waals surface area (Å²) < 4.78 is 0. The van der Waals surface area contributed by atoms with Gasteiger partial charge in [-0.25, -0.2) is 0 Å². The van der Waals surface area contributed by atoms with Crippen molar-refractivity contribution < 1.29 is 0 Å². The normalized spacial score (nSPS) is 16.1. The van der Waals surface area contributed by atoms with Crippen LogP contribution in [0.1, 0.15) is 65.2 Å². The van der Waals surface area contributed by atoms with Gasteiger partial charge in [-0.05, 0) is 120 Å². The Balaban J connectivity index is 0.000000627. The molecule has 0 aromatic heterocycles. The SMILES string of the molecule is C=C/C=C\C(=C/C)C1(C)c2ccccc2-c2c(-c3ccc(C(=C/C)/C(/C=C\C)=C(\C)C=C)c4ccccc34)cccc21.C=C/C=C\C=C(C)C. The monoisotopic (exact) mass is 652 g/mol. The Morgan fingerprint density at radius 1 is 0.620 bits per heavy atom. The molecule has 0 N–H and O–H groups in total. The molecular weight excluding hydrogens is 601 g/mol. The summed E-state index contributed by atoms with van der Waals surface area (Å²) in [6.45, 7) is 26.5. The molecule has 4 aromatic rings. The van der Waals surface area contributed by atoms with Gasteiger partial charge < -0.3 is 0 Å². The first-order valence-electron chi connectivity index (χ1n) is 17.5. The summed E-state index contributed by atoms with van der Waals surface area (Å²) in [4.78, 5) is 0. The van der Waals surface area contributed by atoms with Crippen molar-refractivity contribution in [1.29, 1.82) is 0 Å². The molecule has 0 heterocycles. The van der Waals surface area contributed by atoms with E-state index in [0.29, 0.717) is 0 Å². The third-order valence-electron chi connectivity index (χ3n) is 9.46. The topological polar surface area (TPSA) is 0 Å². The predicted molar refractivity (Wildman–Crippen MR) is 224 cm³/mol. The Bertz CT molecular complexity index is 2110. The maximum absolute atomic E-state index is 4.06. The molecule has 0 saturated carbocycles. The van der Waals surface area contributed by atoms with Gasteiger partial charge in [-0.3, -0.25) is 0 Å². The van der Waals surface area contributed by atoms with Crippen molar-refractivity contribution in [2.24, 2.45) is 0 Å². The second-order valence-electron chi connectivity index (χ2n) is 12.8. The lowest BCUT2D eigenvalue weighted by Crippen LogP contribution is -2.22. The van der Waals surface area contributed by atoms with Crippen molar-refractivity contribution in [3.63, 3.8) is 0 Å². The average Bonchev–Trinajstić information content (AvgIpc) is 3.40. The molecule has 50 heavy (non-hydrogen) atoms. The van der Waals surface area contributed by atoms with E-state index in [1.165, 1.54) is 72.0 Å². The maximum atomic E-state index is 4.06. The smallest absolute Gasteiger partial charge is 0.0432 e. The zero-order chi connectivity index (χ0) is 36.3. The van der Waals surface area contributed by atoms with Gasteiger partial charge in [0.05, 0.1) is 0 Å². The minimum Gasteiger partial charge on any atom is -0.0991 e. The van der Waals surface area contributed by atoms with E-state index in [1.54, 1.807) is 6.08 Å². The zero-order valence-electron chi connectivity index (χ0n) is 31.1. The van der Waals surface area contributed by atoms with Crippen molar-refractivity contribution in [2.75, 3.05) is 0 Å². The number of allylic oxidation sites excluding steroid dienone is 17. The molecule has 0 bridgehead atoms. The maximum Gasteiger partial charge on any atom is 0.0432 e. The van der Waals surface area contributed by atoms with Gasteiger partial charge in [0.15, 0.2) is 0 Å². The molecule has 0 amide bonds. The Morgan fingerprint density at radius 3 is 1.92 bits per heavy atom. The summed E-state index contributed by atoms with van der Waals surface area (Å²) >= 11 is 0. The van der Waals surface area contributed by atoms with Crippen LogP contribution in [0.5, 0.6) is 0 Å². The molecule has 1 aliphatic rings. The van der Waals surface area contributed by atoms with E-state index in [2.05, 4.69) is 177 Å². The number of fused-ring (bicyclic) bond motifs is 4. The Labute approximate surface area is 302 Å². The number of benzene rings is 4. The van der Waals surface area contributed by atoms with Crippen LogP contribution in [-0.2, 0) is 5.41 Å². The van der Waals surface area contributed by atoms with Crippen molar-refractivity contribution in [3.05, 3.63) is 210 Å². The van der Waals surface area contributed by atoms with E-state index >= 15 is 0 Å². The number of hydrogen-bond acceptors (Lipinski definition) is 0. The average molecular weight is 653 g/mol. The van der Waals surface area contributed by atoms with E-state index in [1.807, 2.05) is 36.5 Å². The minimum absolute atomic E-state index is 0.265. The fourth-order valence-corrected chi connectivity index (χ4v) is 7.06. The first-order valence-corrected chi connectivity index (χ1v) is 17.5. The van der Waals surface area contributed by atoms with Gasteiger partial charge in [-0.15, -0.1) is 0 Å². The Morgan fingerprint density at radius 2 is 1.28 bits per heavy atom. The Kier molecular flexibility index (Phi) is 12.9. The minimum atomic E-state index is -0.265. The fourth-order valence-electron chi connectivity index (χ4n) is 7.06. The van der Waals surface area contributed by atoms with Crippen LogP contribution in [0.4, 0.5) is 0 Å². The standard InChI is InChI=1S/C42H40.C8H12/c1-8-13-20-30(11-4)42(7)39-25-17-16-23-38(39)41-37(24-18-26-40(41)42)36-28-27-35(33-21-14-15-22-34(33)36)31(12-5)32(19-9-2)29(6)10-3;1-4-5-6-7-8(2)3/h8-28H,1,3H2,2,4-7H3;4-7H,1H2,2-3H3/b19-9-,20-13-,30-11+,31-12+,32-29+;6-5-. The van der Waals surface area contributed by atoms with E-state index in [4.69, 9.17) is 0 Å². The van der Waals surface area contributed by atoms with Crippen LogP contribution < -0.4 is 0 Å². The van der Waals surface area contributed by atoms with Crippen molar-refractivity contribution in [3.8, 4) is 22.3 Å². The second kappa shape index (κ2) is 17.3. The molecule has 0 fully saturated rings. The summed E-state index contributed by atoms with van der Waals surface area (Å²) in [5.41, 5.74) is 14.9. The van der Waals surface area contributed by atoms with Crippen LogP contribution in [0.15, 0.2) is 194 Å². The summed E-state index contributed by atoms with van der Waals surface area (Å²) in [7, 11) is 0. The van der Waals surface area contributed by atoms with Crippen LogP contribution in [-0.4, -0.2) is 0 Å². The van der Waals surface area contributed by atoms with Gasteiger partial charge in [-0.1, -0.05) is 177 Å². The number of rotatable bonds is 10. The van der Waals surface area contributed by atoms with Crippen LogP contribution >= 0.6 is 0 Å². The van der Waals surface area contributed by atoms with Crippen LogP contribution in [0, 0.1) is 0 Å². The predicted octanol–water partition coefficient (Wildman–Crippen LogP) is 14.7. The van der Waals surface area contributed by atoms with E-state index in [-0.39, 0.29) is 5.41 Å². The third kappa shape index (κ3) is 7.41. The molecule has 252 valence electrons. The molecule has 4 aromatic carbocycles. The molecular formula is C50H52. The van der Waals surface area contributed by atoms with Crippen molar-refractivity contribution in [2.45, 2.75) is 53.9 Å². The van der Waals surface area contributed by atoms with E-state index in [0.717, 1.165) is 5.57 Å². The van der Waals surface area contributed by atoms with Crippen LogP contribution in [0.25, 0.3) is 38.6 Å². The highest BCUT2D eigenvalue weighted by Crippen LogP contribution is 2.56. The molecule has 0 saturated heterocycles. The largest absolute Gasteiger partial charge is 0.0991 e. The molecule has 0 heteroatoms. The molecule has 1 atom stereocenters.